The molecule has 1 fully saturated rings. The van der Waals surface area contributed by atoms with Crippen molar-refractivity contribution in [3.05, 3.63) is 18.0 Å². The van der Waals surface area contributed by atoms with Gasteiger partial charge in [-0.1, -0.05) is 12.8 Å². The fourth-order valence-corrected chi connectivity index (χ4v) is 3.04. The molecule has 0 aromatic carbocycles. The minimum Gasteiger partial charge on any atom is -0.327 e. The molecule has 1 aliphatic carbocycles. The van der Waals surface area contributed by atoms with E-state index in [4.69, 9.17) is 5.73 Å². The van der Waals surface area contributed by atoms with E-state index in [-0.39, 0.29) is 6.42 Å². The molecule has 0 bridgehead atoms. The quantitative estimate of drug-likeness (QED) is 0.921. The van der Waals surface area contributed by atoms with E-state index in [2.05, 4.69) is 5.10 Å². The molecule has 1 aliphatic rings. The van der Waals surface area contributed by atoms with Crippen LogP contribution in [0.4, 0.5) is 13.2 Å². The Morgan fingerprint density at radius 1 is 1.42 bits per heavy atom. The van der Waals surface area contributed by atoms with Crippen LogP contribution >= 0.6 is 0 Å². The van der Waals surface area contributed by atoms with Gasteiger partial charge in [0.15, 0.2) is 0 Å². The van der Waals surface area contributed by atoms with Crippen molar-refractivity contribution in [2.45, 2.75) is 44.3 Å². The highest BCUT2D eigenvalue weighted by Gasteiger charge is 2.47. The molecule has 19 heavy (non-hydrogen) atoms. The Morgan fingerprint density at radius 2 is 2.11 bits per heavy atom. The summed E-state index contributed by atoms with van der Waals surface area (Å²) in [5, 5.41) is 4.19. The van der Waals surface area contributed by atoms with Gasteiger partial charge in [-0.15, -0.1) is 0 Å². The van der Waals surface area contributed by atoms with Crippen molar-refractivity contribution in [3.8, 4) is 0 Å². The number of nitrogens with zero attached hydrogens (tertiary/aromatic N) is 2. The Hall–Kier alpha value is -1.04. The monoisotopic (exact) mass is 275 g/mol. The molecule has 3 unspecified atom stereocenters. The summed E-state index contributed by atoms with van der Waals surface area (Å²) in [4.78, 5) is 0. The summed E-state index contributed by atoms with van der Waals surface area (Å²) in [7, 11) is 1.79. The van der Waals surface area contributed by atoms with Gasteiger partial charge in [-0.2, -0.15) is 18.3 Å². The highest BCUT2D eigenvalue weighted by Crippen LogP contribution is 2.42. The second-order valence-electron chi connectivity index (χ2n) is 5.45. The van der Waals surface area contributed by atoms with Crippen LogP contribution in [0.3, 0.4) is 0 Å². The van der Waals surface area contributed by atoms with Crippen LogP contribution in [0.1, 0.15) is 31.4 Å². The highest BCUT2D eigenvalue weighted by atomic mass is 19.4. The van der Waals surface area contributed by atoms with E-state index in [1.165, 1.54) is 0 Å². The summed E-state index contributed by atoms with van der Waals surface area (Å²) in [6, 6.07) is 1.34. The van der Waals surface area contributed by atoms with Gasteiger partial charge in [-0.3, -0.25) is 4.68 Å². The summed E-state index contributed by atoms with van der Waals surface area (Å²) in [5.74, 6) is -1.73. The third-order valence-corrected chi connectivity index (χ3v) is 4.00. The molecule has 1 saturated carbocycles. The molecule has 0 radical (unpaired) electrons. The highest BCUT2D eigenvalue weighted by molar-refractivity contribution is 5.03. The standard InChI is InChI=1S/C13H20F3N3/c1-19-7-6-9(18-19)8-12(17)10-4-2-3-5-11(10)13(14,15)16/h6-7,10-12H,2-5,8,17H2,1H3. The summed E-state index contributed by atoms with van der Waals surface area (Å²) in [6.45, 7) is 0. The maximum atomic E-state index is 13.0. The Bertz CT molecular complexity index is 414. The van der Waals surface area contributed by atoms with E-state index in [1.807, 2.05) is 6.07 Å². The first-order chi connectivity index (χ1) is 8.88. The lowest BCUT2D eigenvalue weighted by atomic mass is 9.74. The first-order valence-electron chi connectivity index (χ1n) is 6.68. The second kappa shape index (κ2) is 5.53. The zero-order valence-corrected chi connectivity index (χ0v) is 11.0. The van der Waals surface area contributed by atoms with Crippen LogP contribution in [-0.2, 0) is 13.5 Å². The van der Waals surface area contributed by atoms with Gasteiger partial charge in [0.05, 0.1) is 11.6 Å². The van der Waals surface area contributed by atoms with Crippen LogP contribution in [0.5, 0.6) is 0 Å². The van der Waals surface area contributed by atoms with Crippen molar-refractivity contribution in [1.82, 2.24) is 9.78 Å². The smallest absolute Gasteiger partial charge is 0.327 e. The van der Waals surface area contributed by atoms with Crippen molar-refractivity contribution in [2.24, 2.45) is 24.6 Å². The van der Waals surface area contributed by atoms with E-state index in [0.29, 0.717) is 19.3 Å². The predicted molar refractivity (Wildman–Crippen MR) is 66.4 cm³/mol. The second-order valence-corrected chi connectivity index (χ2v) is 5.45. The molecule has 1 aromatic rings. The van der Waals surface area contributed by atoms with E-state index >= 15 is 0 Å². The van der Waals surface area contributed by atoms with Crippen LogP contribution in [-0.4, -0.2) is 22.0 Å². The van der Waals surface area contributed by atoms with Crippen LogP contribution in [0.2, 0.25) is 0 Å². The molecule has 2 rings (SSSR count). The minimum atomic E-state index is -4.13. The number of aromatic nitrogens is 2. The zero-order valence-electron chi connectivity index (χ0n) is 11.0. The van der Waals surface area contributed by atoms with E-state index in [0.717, 1.165) is 12.1 Å². The average molecular weight is 275 g/mol. The molecule has 6 heteroatoms. The van der Waals surface area contributed by atoms with Crippen molar-refractivity contribution < 1.29 is 13.2 Å². The molecule has 1 heterocycles. The number of nitrogens with two attached hydrogens (primary N) is 1. The molecule has 0 saturated heterocycles. The van der Waals surface area contributed by atoms with Crippen molar-refractivity contribution >= 4 is 0 Å². The van der Waals surface area contributed by atoms with Crippen LogP contribution in [0.15, 0.2) is 12.3 Å². The Morgan fingerprint density at radius 3 is 2.68 bits per heavy atom. The van der Waals surface area contributed by atoms with Crippen LogP contribution < -0.4 is 5.73 Å². The van der Waals surface area contributed by atoms with E-state index in [1.54, 1.807) is 17.9 Å². The molecule has 0 amide bonds. The van der Waals surface area contributed by atoms with Gasteiger partial charge in [-0.05, 0) is 24.8 Å². The van der Waals surface area contributed by atoms with E-state index in [9.17, 15) is 13.2 Å². The Kier molecular flexibility index (Phi) is 4.18. The van der Waals surface area contributed by atoms with Gasteiger partial charge in [0.2, 0.25) is 0 Å². The molecule has 3 nitrogen and oxygen atoms in total. The lowest BCUT2D eigenvalue weighted by molar-refractivity contribution is -0.198. The van der Waals surface area contributed by atoms with Gasteiger partial charge in [0, 0.05) is 25.7 Å². The molecule has 0 aliphatic heterocycles. The van der Waals surface area contributed by atoms with Crippen LogP contribution in [0, 0.1) is 11.8 Å². The first-order valence-corrected chi connectivity index (χ1v) is 6.68. The third kappa shape index (κ3) is 3.49. The number of halogens is 3. The molecule has 108 valence electrons. The summed E-state index contributed by atoms with van der Waals surface area (Å²) in [5.41, 5.74) is 6.79. The minimum absolute atomic E-state index is 0.212. The molecule has 0 spiro atoms. The summed E-state index contributed by atoms with van der Waals surface area (Å²) in [6.07, 6.45) is 0.335. The average Bonchev–Trinajstić information content (AvgIpc) is 2.73. The van der Waals surface area contributed by atoms with E-state index < -0.39 is 24.1 Å². The Balaban J connectivity index is 2.05. The number of hydrogen-bond donors (Lipinski definition) is 1. The topological polar surface area (TPSA) is 43.8 Å². The fraction of sp³-hybridized carbons (Fsp3) is 0.769. The zero-order chi connectivity index (χ0) is 14.0. The lowest BCUT2D eigenvalue weighted by Gasteiger charge is -2.36. The van der Waals surface area contributed by atoms with Gasteiger partial charge in [-0.25, -0.2) is 0 Å². The lowest BCUT2D eigenvalue weighted by Crippen LogP contribution is -2.44. The van der Waals surface area contributed by atoms with Crippen molar-refractivity contribution in [1.29, 1.82) is 0 Å². The molecule has 3 atom stereocenters. The van der Waals surface area contributed by atoms with Gasteiger partial charge < -0.3 is 5.73 Å². The molecular weight excluding hydrogens is 255 g/mol. The van der Waals surface area contributed by atoms with Gasteiger partial charge >= 0.3 is 6.18 Å². The number of rotatable bonds is 3. The number of aryl methyl sites for hydroxylation is 1. The molecular formula is C13H20F3N3. The Labute approximate surface area is 111 Å². The van der Waals surface area contributed by atoms with Gasteiger partial charge in [0.25, 0.3) is 0 Å². The fourth-order valence-electron chi connectivity index (χ4n) is 3.04. The summed E-state index contributed by atoms with van der Waals surface area (Å²) < 4.78 is 40.7. The van der Waals surface area contributed by atoms with Crippen molar-refractivity contribution in [3.63, 3.8) is 0 Å². The SMILES string of the molecule is Cn1ccc(CC(N)C2CCCCC2C(F)(F)F)n1. The van der Waals surface area contributed by atoms with Gasteiger partial charge in [0.1, 0.15) is 0 Å². The number of hydrogen-bond acceptors (Lipinski definition) is 2. The van der Waals surface area contributed by atoms with Crippen molar-refractivity contribution in [2.75, 3.05) is 0 Å². The predicted octanol–water partition coefficient (Wildman–Crippen LogP) is 2.66. The molecule has 1 aromatic heterocycles. The largest absolute Gasteiger partial charge is 0.392 e. The summed E-state index contributed by atoms with van der Waals surface area (Å²) >= 11 is 0. The number of alkyl halides is 3. The van der Waals surface area contributed by atoms with Crippen LogP contribution in [0.25, 0.3) is 0 Å². The first kappa shape index (κ1) is 14.4. The third-order valence-electron chi connectivity index (χ3n) is 4.00. The molecule has 2 N–H and O–H groups in total. The normalized spacial score (nSPS) is 26.4. The maximum Gasteiger partial charge on any atom is 0.392 e. The maximum absolute atomic E-state index is 13.0.